The minimum absolute atomic E-state index is 0.0238. The summed E-state index contributed by atoms with van der Waals surface area (Å²) in [7, 11) is 3.41. The van der Waals surface area contributed by atoms with Gasteiger partial charge >= 0.3 is 0 Å². The summed E-state index contributed by atoms with van der Waals surface area (Å²) in [6.07, 6.45) is 0. The van der Waals surface area contributed by atoms with Crippen LogP contribution in [0.2, 0.25) is 0 Å². The van der Waals surface area contributed by atoms with E-state index in [-0.39, 0.29) is 12.5 Å². The molecule has 1 amide bonds. The third kappa shape index (κ3) is 2.58. The summed E-state index contributed by atoms with van der Waals surface area (Å²) in [5, 5.41) is 2.99. The van der Waals surface area contributed by atoms with E-state index in [9.17, 15) is 4.79 Å². The Hall–Kier alpha value is -2.11. The molecule has 1 aromatic carbocycles. The molecule has 0 unspecified atom stereocenters. The maximum absolute atomic E-state index is 11.5. The van der Waals surface area contributed by atoms with Gasteiger partial charge in [0.2, 0.25) is 5.91 Å². The van der Waals surface area contributed by atoms with Crippen molar-refractivity contribution < 1.29 is 14.3 Å². The van der Waals surface area contributed by atoms with Crippen LogP contribution in [0.1, 0.15) is 0 Å². The molecular formula is C12H17N3O3. The molecule has 1 aromatic rings. The number of benzene rings is 1. The zero-order chi connectivity index (χ0) is 13.1. The Kier molecular flexibility index (Phi) is 3.45. The average Bonchev–Trinajstić information content (AvgIpc) is 2.35. The largest absolute Gasteiger partial charge is 0.486 e. The number of nitrogens with one attached hydrogen (secondary N) is 1. The molecule has 1 aliphatic rings. The summed E-state index contributed by atoms with van der Waals surface area (Å²) in [5.41, 5.74) is 7.09. The van der Waals surface area contributed by atoms with E-state index >= 15 is 0 Å². The molecule has 6 nitrogen and oxygen atoms in total. The number of nitrogen functional groups attached to an aromatic ring is 1. The zero-order valence-electron chi connectivity index (χ0n) is 10.5. The van der Waals surface area contributed by atoms with Gasteiger partial charge in [-0.25, -0.2) is 0 Å². The number of anilines is 2. The van der Waals surface area contributed by atoms with Crippen LogP contribution >= 0.6 is 0 Å². The minimum Gasteiger partial charge on any atom is -0.486 e. The average molecular weight is 251 g/mol. The van der Waals surface area contributed by atoms with Crippen molar-refractivity contribution in [3.05, 3.63) is 12.1 Å². The van der Waals surface area contributed by atoms with Crippen LogP contribution in [-0.4, -0.2) is 44.7 Å². The predicted molar refractivity (Wildman–Crippen MR) is 69.0 cm³/mol. The maximum atomic E-state index is 11.5. The lowest BCUT2D eigenvalue weighted by Crippen LogP contribution is -2.28. The topological polar surface area (TPSA) is 76.8 Å². The van der Waals surface area contributed by atoms with E-state index in [2.05, 4.69) is 5.32 Å². The van der Waals surface area contributed by atoms with E-state index in [0.29, 0.717) is 36.1 Å². The molecule has 98 valence electrons. The normalized spacial score (nSPS) is 13.0. The van der Waals surface area contributed by atoms with E-state index in [1.54, 1.807) is 26.2 Å². The van der Waals surface area contributed by atoms with Gasteiger partial charge in [-0.15, -0.1) is 0 Å². The van der Waals surface area contributed by atoms with E-state index in [1.165, 1.54) is 4.90 Å². The first-order valence-corrected chi connectivity index (χ1v) is 5.71. The van der Waals surface area contributed by atoms with Crippen molar-refractivity contribution >= 4 is 17.3 Å². The van der Waals surface area contributed by atoms with Gasteiger partial charge in [0, 0.05) is 26.2 Å². The molecule has 0 saturated carbocycles. The summed E-state index contributed by atoms with van der Waals surface area (Å²) >= 11 is 0. The molecule has 0 aliphatic carbocycles. The van der Waals surface area contributed by atoms with Crippen LogP contribution in [-0.2, 0) is 4.79 Å². The molecule has 0 spiro atoms. The van der Waals surface area contributed by atoms with Crippen LogP contribution in [0.4, 0.5) is 11.4 Å². The van der Waals surface area contributed by atoms with Gasteiger partial charge in [-0.1, -0.05) is 0 Å². The summed E-state index contributed by atoms with van der Waals surface area (Å²) < 4.78 is 10.9. The van der Waals surface area contributed by atoms with Gasteiger partial charge in [-0.2, -0.15) is 0 Å². The first kappa shape index (κ1) is 12.3. The summed E-state index contributed by atoms with van der Waals surface area (Å²) in [6.45, 7) is 1.24. The fourth-order valence-electron chi connectivity index (χ4n) is 1.59. The fourth-order valence-corrected chi connectivity index (χ4v) is 1.59. The molecule has 1 aliphatic heterocycles. The van der Waals surface area contributed by atoms with Crippen molar-refractivity contribution in [1.29, 1.82) is 0 Å². The molecule has 0 fully saturated rings. The first-order valence-electron chi connectivity index (χ1n) is 5.71. The van der Waals surface area contributed by atoms with Crippen LogP contribution in [0, 0.1) is 0 Å². The second kappa shape index (κ2) is 5.03. The molecule has 0 bridgehead atoms. The fraction of sp³-hybridized carbons (Fsp3) is 0.417. The zero-order valence-corrected chi connectivity index (χ0v) is 10.5. The highest BCUT2D eigenvalue weighted by atomic mass is 16.6. The monoisotopic (exact) mass is 251 g/mol. The number of nitrogens with zero attached hydrogens (tertiary/aromatic N) is 1. The third-order valence-corrected chi connectivity index (χ3v) is 2.64. The highest BCUT2D eigenvalue weighted by Gasteiger charge is 2.15. The van der Waals surface area contributed by atoms with Crippen molar-refractivity contribution in [2.24, 2.45) is 0 Å². The number of ether oxygens (including phenoxy) is 2. The van der Waals surface area contributed by atoms with Gasteiger partial charge in [0.1, 0.15) is 13.2 Å². The van der Waals surface area contributed by atoms with E-state index in [4.69, 9.17) is 15.2 Å². The number of carbonyl (C=O) groups excluding carboxylic acids is 1. The lowest BCUT2D eigenvalue weighted by molar-refractivity contribution is -0.126. The number of nitrogens with two attached hydrogens (primary N) is 1. The third-order valence-electron chi connectivity index (χ3n) is 2.64. The molecule has 0 atom stereocenters. The van der Waals surface area contributed by atoms with E-state index in [0.717, 1.165) is 0 Å². The molecular weight excluding hydrogens is 234 g/mol. The van der Waals surface area contributed by atoms with Gasteiger partial charge in [-0.3, -0.25) is 4.79 Å². The Morgan fingerprint density at radius 1 is 1.33 bits per heavy atom. The summed E-state index contributed by atoms with van der Waals surface area (Å²) in [5.74, 6) is 1.27. The smallest absolute Gasteiger partial charge is 0.241 e. The summed E-state index contributed by atoms with van der Waals surface area (Å²) in [6, 6.07) is 3.46. The Labute approximate surface area is 106 Å². The van der Waals surface area contributed by atoms with Crippen molar-refractivity contribution in [3.63, 3.8) is 0 Å². The van der Waals surface area contributed by atoms with Crippen LogP contribution in [0.25, 0.3) is 0 Å². The lowest BCUT2D eigenvalue weighted by atomic mass is 10.2. The van der Waals surface area contributed by atoms with Crippen molar-refractivity contribution in [1.82, 2.24) is 4.90 Å². The molecule has 3 N–H and O–H groups in total. The predicted octanol–water partition coefficient (Wildman–Crippen LogP) is 0.540. The van der Waals surface area contributed by atoms with Gasteiger partial charge < -0.3 is 25.4 Å². The highest BCUT2D eigenvalue weighted by molar-refractivity contribution is 5.82. The second-order valence-corrected chi connectivity index (χ2v) is 4.22. The van der Waals surface area contributed by atoms with Gasteiger partial charge in [0.05, 0.1) is 17.9 Å². The van der Waals surface area contributed by atoms with Crippen molar-refractivity contribution in [2.75, 3.05) is 44.9 Å². The number of hydrogen-bond donors (Lipinski definition) is 2. The minimum atomic E-state index is -0.0238. The number of fused-ring (bicyclic) bond motifs is 1. The van der Waals surface area contributed by atoms with Gasteiger partial charge in [-0.05, 0) is 0 Å². The number of hydrogen-bond acceptors (Lipinski definition) is 5. The van der Waals surface area contributed by atoms with Gasteiger partial charge in [0.25, 0.3) is 0 Å². The number of carbonyl (C=O) groups is 1. The Bertz CT molecular complexity index is 460. The molecule has 0 radical (unpaired) electrons. The van der Waals surface area contributed by atoms with Crippen LogP contribution < -0.4 is 20.5 Å². The molecule has 2 rings (SSSR count). The Morgan fingerprint density at radius 2 is 1.94 bits per heavy atom. The Balaban J connectivity index is 2.11. The molecule has 18 heavy (non-hydrogen) atoms. The van der Waals surface area contributed by atoms with E-state index < -0.39 is 0 Å². The number of amides is 1. The molecule has 1 heterocycles. The lowest BCUT2D eigenvalue weighted by Gasteiger charge is -2.20. The maximum Gasteiger partial charge on any atom is 0.241 e. The first-order chi connectivity index (χ1) is 8.58. The summed E-state index contributed by atoms with van der Waals surface area (Å²) in [4.78, 5) is 13.0. The van der Waals surface area contributed by atoms with E-state index in [1.807, 2.05) is 0 Å². The number of rotatable bonds is 3. The van der Waals surface area contributed by atoms with Crippen molar-refractivity contribution in [2.45, 2.75) is 0 Å². The second-order valence-electron chi connectivity index (χ2n) is 4.22. The standard InChI is InChI=1S/C12H17N3O3/c1-15(2)12(16)7-14-9-6-11-10(5-8(9)13)17-3-4-18-11/h5-6,14H,3-4,7,13H2,1-2H3. The molecule has 6 heteroatoms. The quantitative estimate of drug-likeness (QED) is 0.767. The number of likely N-dealkylation sites (N-methyl/N-ethyl adjacent to an activating group) is 1. The van der Waals surface area contributed by atoms with Crippen LogP contribution in [0.15, 0.2) is 12.1 Å². The Morgan fingerprint density at radius 3 is 2.56 bits per heavy atom. The van der Waals surface area contributed by atoms with Gasteiger partial charge in [0.15, 0.2) is 11.5 Å². The van der Waals surface area contributed by atoms with Crippen LogP contribution in [0.5, 0.6) is 11.5 Å². The van der Waals surface area contributed by atoms with Crippen LogP contribution in [0.3, 0.4) is 0 Å². The highest BCUT2D eigenvalue weighted by Crippen LogP contribution is 2.36. The SMILES string of the molecule is CN(C)C(=O)CNc1cc2c(cc1N)OCCO2. The molecule has 0 saturated heterocycles. The van der Waals surface area contributed by atoms with Crippen molar-refractivity contribution in [3.8, 4) is 11.5 Å². The molecule has 0 aromatic heterocycles.